The number of aliphatic carboxylic acids is 1. The lowest BCUT2D eigenvalue weighted by atomic mass is 9.82. The van der Waals surface area contributed by atoms with Crippen LogP contribution < -0.4 is 10.1 Å². The summed E-state index contributed by atoms with van der Waals surface area (Å²) in [5, 5.41) is 12.0. The number of nitrogens with one attached hydrogen (secondary N) is 1. The molecule has 1 aliphatic carbocycles. The number of anilines is 1. The van der Waals surface area contributed by atoms with E-state index in [0.717, 1.165) is 5.75 Å². The quantitative estimate of drug-likeness (QED) is 0.817. The van der Waals surface area contributed by atoms with Gasteiger partial charge < -0.3 is 15.2 Å². The van der Waals surface area contributed by atoms with E-state index in [4.69, 9.17) is 4.74 Å². The highest BCUT2D eigenvalue weighted by molar-refractivity contribution is 5.95. The van der Waals surface area contributed by atoms with Gasteiger partial charge in [-0.2, -0.15) is 0 Å². The van der Waals surface area contributed by atoms with Crippen LogP contribution in [0.1, 0.15) is 19.8 Å². The summed E-state index contributed by atoms with van der Waals surface area (Å²) in [6, 6.07) is 7.04. The second-order valence-electron chi connectivity index (χ2n) is 4.94. The Kier molecular flexibility index (Phi) is 4.98. The van der Waals surface area contributed by atoms with Crippen molar-refractivity contribution in [2.24, 2.45) is 11.8 Å². The Morgan fingerprint density at radius 1 is 1.19 bits per heavy atom. The average molecular weight is 289 g/mol. The maximum absolute atomic E-state index is 12.3. The molecule has 0 saturated carbocycles. The van der Waals surface area contributed by atoms with Crippen molar-refractivity contribution in [3.63, 3.8) is 0 Å². The van der Waals surface area contributed by atoms with Crippen molar-refractivity contribution in [3.05, 3.63) is 36.4 Å². The van der Waals surface area contributed by atoms with Crippen LogP contribution in [0.2, 0.25) is 0 Å². The van der Waals surface area contributed by atoms with Gasteiger partial charge in [0.15, 0.2) is 0 Å². The first-order valence-corrected chi connectivity index (χ1v) is 7.03. The summed E-state index contributed by atoms with van der Waals surface area (Å²) in [6.45, 7) is 2.48. The van der Waals surface area contributed by atoms with Crippen LogP contribution in [-0.4, -0.2) is 23.6 Å². The van der Waals surface area contributed by atoms with Gasteiger partial charge in [0, 0.05) is 5.69 Å². The number of hydrogen-bond donors (Lipinski definition) is 2. The van der Waals surface area contributed by atoms with Gasteiger partial charge >= 0.3 is 5.97 Å². The number of carboxylic acid groups (broad SMARTS) is 1. The van der Waals surface area contributed by atoms with Crippen molar-refractivity contribution >= 4 is 17.6 Å². The Labute approximate surface area is 123 Å². The Morgan fingerprint density at radius 3 is 2.38 bits per heavy atom. The minimum atomic E-state index is -0.925. The summed E-state index contributed by atoms with van der Waals surface area (Å²) in [7, 11) is 0. The number of carbonyl (C=O) groups excluding carboxylic acids is 1. The van der Waals surface area contributed by atoms with Gasteiger partial charge in [-0.15, -0.1) is 0 Å². The second kappa shape index (κ2) is 6.92. The van der Waals surface area contributed by atoms with Gasteiger partial charge in [0.05, 0.1) is 18.4 Å². The lowest BCUT2D eigenvalue weighted by molar-refractivity contribution is -0.146. The molecule has 0 aromatic heterocycles. The molecule has 2 N–H and O–H groups in total. The predicted molar refractivity (Wildman–Crippen MR) is 79.2 cm³/mol. The molecule has 1 aliphatic rings. The number of carbonyl (C=O) groups is 2. The van der Waals surface area contributed by atoms with Crippen molar-refractivity contribution in [2.75, 3.05) is 11.9 Å². The number of allylic oxidation sites excluding steroid dienone is 2. The summed E-state index contributed by atoms with van der Waals surface area (Å²) in [6.07, 6.45) is 4.54. The van der Waals surface area contributed by atoms with E-state index in [9.17, 15) is 14.7 Å². The predicted octanol–water partition coefficient (Wildman–Crippen LogP) is 2.69. The smallest absolute Gasteiger partial charge is 0.307 e. The van der Waals surface area contributed by atoms with Gasteiger partial charge in [-0.3, -0.25) is 9.59 Å². The van der Waals surface area contributed by atoms with E-state index in [0.29, 0.717) is 25.1 Å². The summed E-state index contributed by atoms with van der Waals surface area (Å²) in [4.78, 5) is 23.5. The van der Waals surface area contributed by atoms with Crippen molar-refractivity contribution in [3.8, 4) is 5.75 Å². The zero-order valence-electron chi connectivity index (χ0n) is 11.9. The van der Waals surface area contributed by atoms with Gasteiger partial charge in [0.2, 0.25) is 5.91 Å². The molecule has 0 bridgehead atoms. The van der Waals surface area contributed by atoms with E-state index in [1.165, 1.54) is 0 Å². The molecule has 0 saturated heterocycles. The third-order valence-electron chi connectivity index (χ3n) is 3.52. The molecule has 5 nitrogen and oxygen atoms in total. The highest BCUT2D eigenvalue weighted by atomic mass is 16.5. The molecule has 112 valence electrons. The van der Waals surface area contributed by atoms with Crippen LogP contribution in [0.25, 0.3) is 0 Å². The van der Waals surface area contributed by atoms with Crippen molar-refractivity contribution in [1.29, 1.82) is 0 Å². The van der Waals surface area contributed by atoms with Crippen LogP contribution in [0.15, 0.2) is 36.4 Å². The van der Waals surface area contributed by atoms with E-state index in [1.54, 1.807) is 24.3 Å². The third kappa shape index (κ3) is 3.84. The largest absolute Gasteiger partial charge is 0.494 e. The maximum Gasteiger partial charge on any atom is 0.307 e. The van der Waals surface area contributed by atoms with Crippen molar-refractivity contribution < 1.29 is 19.4 Å². The Bertz CT molecular complexity index is 536. The summed E-state index contributed by atoms with van der Waals surface area (Å²) in [5.41, 5.74) is 0.641. The molecule has 1 amide bonds. The van der Waals surface area contributed by atoms with Gasteiger partial charge in [0.25, 0.3) is 0 Å². The normalized spacial score (nSPS) is 20.8. The summed E-state index contributed by atoms with van der Waals surface area (Å²) >= 11 is 0. The molecule has 0 fully saturated rings. The first kappa shape index (κ1) is 15.1. The molecule has 0 heterocycles. The first-order valence-electron chi connectivity index (χ1n) is 7.03. The molecular weight excluding hydrogens is 270 g/mol. The fourth-order valence-electron chi connectivity index (χ4n) is 2.41. The summed E-state index contributed by atoms with van der Waals surface area (Å²) < 4.78 is 5.33. The monoisotopic (exact) mass is 289 g/mol. The molecule has 2 rings (SSSR count). The number of hydrogen-bond acceptors (Lipinski definition) is 3. The minimum absolute atomic E-state index is 0.254. The number of ether oxygens (including phenoxy) is 1. The molecule has 0 radical (unpaired) electrons. The molecule has 2 atom stereocenters. The highest BCUT2D eigenvalue weighted by Crippen LogP contribution is 2.27. The van der Waals surface area contributed by atoms with Crippen molar-refractivity contribution in [2.45, 2.75) is 19.8 Å². The van der Waals surface area contributed by atoms with E-state index >= 15 is 0 Å². The molecule has 1 aromatic carbocycles. The van der Waals surface area contributed by atoms with Gasteiger partial charge in [0.1, 0.15) is 5.75 Å². The number of carboxylic acids is 1. The average Bonchev–Trinajstić information content (AvgIpc) is 2.49. The van der Waals surface area contributed by atoms with Crippen LogP contribution in [0.4, 0.5) is 5.69 Å². The van der Waals surface area contributed by atoms with Crippen molar-refractivity contribution in [1.82, 2.24) is 0 Å². The minimum Gasteiger partial charge on any atom is -0.494 e. The second-order valence-corrected chi connectivity index (χ2v) is 4.94. The first-order chi connectivity index (χ1) is 10.1. The van der Waals surface area contributed by atoms with Crippen LogP contribution in [0.3, 0.4) is 0 Å². The number of benzene rings is 1. The van der Waals surface area contributed by atoms with E-state index < -0.39 is 17.8 Å². The van der Waals surface area contributed by atoms with Gasteiger partial charge in [-0.25, -0.2) is 0 Å². The fraction of sp³-hybridized carbons (Fsp3) is 0.375. The fourth-order valence-corrected chi connectivity index (χ4v) is 2.41. The Hall–Kier alpha value is -2.30. The number of amides is 1. The maximum atomic E-state index is 12.3. The van der Waals surface area contributed by atoms with E-state index in [-0.39, 0.29) is 5.91 Å². The SMILES string of the molecule is CCOc1ccc(NC(=O)[C@@H]2CC=CC[C@H]2C(=O)O)cc1. The van der Waals surface area contributed by atoms with Gasteiger partial charge in [-0.1, -0.05) is 12.2 Å². The molecular formula is C16H19NO4. The molecule has 5 heteroatoms. The zero-order valence-corrected chi connectivity index (χ0v) is 11.9. The topological polar surface area (TPSA) is 75.6 Å². The van der Waals surface area contributed by atoms with Gasteiger partial charge in [-0.05, 0) is 44.0 Å². The zero-order chi connectivity index (χ0) is 15.2. The molecule has 1 aromatic rings. The molecule has 0 aliphatic heterocycles. The van der Waals surface area contributed by atoms with E-state index in [2.05, 4.69) is 5.32 Å². The van der Waals surface area contributed by atoms with Crippen LogP contribution >= 0.6 is 0 Å². The van der Waals surface area contributed by atoms with E-state index in [1.807, 2.05) is 19.1 Å². The third-order valence-corrected chi connectivity index (χ3v) is 3.52. The van der Waals surface area contributed by atoms with Crippen LogP contribution in [0.5, 0.6) is 5.75 Å². The molecule has 21 heavy (non-hydrogen) atoms. The standard InChI is InChI=1S/C16H19NO4/c1-2-21-12-9-7-11(8-10-12)17-15(18)13-5-3-4-6-14(13)16(19)20/h3-4,7-10,13-14H,2,5-6H2,1H3,(H,17,18)(H,19,20)/t13-,14-/m1/s1. The molecule has 0 spiro atoms. The number of rotatable bonds is 5. The summed E-state index contributed by atoms with van der Waals surface area (Å²) in [5.74, 6) is -1.63. The lowest BCUT2D eigenvalue weighted by Crippen LogP contribution is -2.34. The van der Waals surface area contributed by atoms with Crippen LogP contribution in [-0.2, 0) is 9.59 Å². The highest BCUT2D eigenvalue weighted by Gasteiger charge is 2.33. The Morgan fingerprint density at radius 2 is 1.81 bits per heavy atom. The van der Waals surface area contributed by atoms with Crippen LogP contribution in [0, 0.1) is 11.8 Å². The Balaban J connectivity index is 2.02. The lowest BCUT2D eigenvalue weighted by Gasteiger charge is -2.24. The molecule has 0 unspecified atom stereocenters.